The lowest BCUT2D eigenvalue weighted by atomic mass is 9.74. The molecule has 0 radical (unpaired) electrons. The quantitative estimate of drug-likeness (QED) is 0.431. The van der Waals surface area contributed by atoms with Crippen molar-refractivity contribution in [3.8, 4) is 6.07 Å². The Labute approximate surface area is 221 Å². The lowest BCUT2D eigenvalue weighted by molar-refractivity contribution is -0.161. The van der Waals surface area contributed by atoms with E-state index < -0.39 is 23.0 Å². The second-order valence-electron chi connectivity index (χ2n) is 10.4. The van der Waals surface area contributed by atoms with Gasteiger partial charge in [-0.05, 0) is 57.4 Å². The third-order valence-electron chi connectivity index (χ3n) is 6.61. The topological polar surface area (TPSA) is 124 Å². The number of rotatable bonds is 7. The summed E-state index contributed by atoms with van der Waals surface area (Å²) in [4.78, 5) is 40.7. The molecule has 2 N–H and O–H groups in total. The first kappa shape index (κ1) is 26.4. The molecular weight excluding hydrogens is 492 g/mol. The van der Waals surface area contributed by atoms with Gasteiger partial charge in [0.15, 0.2) is 0 Å². The molecule has 3 heterocycles. The van der Waals surface area contributed by atoms with Crippen LogP contribution in [-0.2, 0) is 14.3 Å². The van der Waals surface area contributed by atoms with E-state index in [4.69, 9.17) is 16.3 Å². The fraction of sp³-hybridized carbons (Fsp3) is 0.444. The molecule has 1 atom stereocenters. The van der Waals surface area contributed by atoms with Crippen molar-refractivity contribution >= 4 is 40.3 Å². The minimum absolute atomic E-state index is 0.0484. The van der Waals surface area contributed by atoms with Crippen LogP contribution < -0.4 is 10.2 Å². The van der Waals surface area contributed by atoms with Gasteiger partial charge in [0.1, 0.15) is 23.4 Å². The summed E-state index contributed by atoms with van der Waals surface area (Å²) < 4.78 is 5.60. The number of esters is 1. The maximum absolute atomic E-state index is 13.9. The zero-order chi connectivity index (χ0) is 26.6. The van der Waals surface area contributed by atoms with Crippen LogP contribution in [0.4, 0.5) is 5.82 Å². The average Bonchev–Trinajstić information content (AvgIpc) is 3.33. The minimum atomic E-state index is -0.983. The van der Waals surface area contributed by atoms with Crippen LogP contribution in [0, 0.1) is 16.7 Å². The Hall–Kier alpha value is -3.64. The summed E-state index contributed by atoms with van der Waals surface area (Å²) in [5, 5.41) is 13.9. The van der Waals surface area contributed by atoms with Gasteiger partial charge in [-0.3, -0.25) is 9.59 Å². The maximum Gasteiger partial charge on any atom is 0.307 e. The number of carbonyl (C=O) groups excluding carboxylic acids is 2. The Morgan fingerprint density at radius 1 is 1.22 bits per heavy atom. The van der Waals surface area contributed by atoms with Gasteiger partial charge in [0.25, 0.3) is 0 Å². The Morgan fingerprint density at radius 3 is 2.57 bits per heavy atom. The second kappa shape index (κ2) is 10.8. The number of hydrogen-bond acceptors (Lipinski definition) is 7. The standard InChI is InChI=1S/C27H31ClN6O3/c1-26(2,3)37-22(35)16-27(25(36)33-21(8-12-29)18-4-6-19(28)7-5-18)10-14-34(15-11-27)24-20-9-13-30-23(20)31-17-32-24/h4-7,9,13,17,21H,8,10-11,14-16H2,1-3H3,(H,33,36)(H,30,31,32). The highest BCUT2D eigenvalue weighted by Gasteiger charge is 2.45. The summed E-state index contributed by atoms with van der Waals surface area (Å²) in [6.45, 7) is 6.47. The number of nitrogens with one attached hydrogen (secondary N) is 2. The van der Waals surface area contributed by atoms with E-state index in [1.807, 2.05) is 12.3 Å². The van der Waals surface area contributed by atoms with Crippen LogP contribution in [0.3, 0.4) is 0 Å². The third kappa shape index (κ3) is 6.20. The zero-order valence-electron chi connectivity index (χ0n) is 21.3. The largest absolute Gasteiger partial charge is 0.460 e. The van der Waals surface area contributed by atoms with E-state index in [0.717, 1.165) is 22.4 Å². The van der Waals surface area contributed by atoms with Crippen molar-refractivity contribution in [2.45, 2.75) is 58.1 Å². The van der Waals surface area contributed by atoms with Crippen molar-refractivity contribution in [2.75, 3.05) is 18.0 Å². The van der Waals surface area contributed by atoms with E-state index in [1.165, 1.54) is 6.33 Å². The zero-order valence-corrected chi connectivity index (χ0v) is 22.0. The van der Waals surface area contributed by atoms with Gasteiger partial charge in [0, 0.05) is 24.3 Å². The molecule has 37 heavy (non-hydrogen) atoms. The number of nitrogens with zero attached hydrogens (tertiary/aromatic N) is 4. The number of anilines is 1. The van der Waals surface area contributed by atoms with Crippen molar-refractivity contribution in [1.29, 1.82) is 5.26 Å². The first-order valence-corrected chi connectivity index (χ1v) is 12.7. The lowest BCUT2D eigenvalue weighted by Gasteiger charge is -2.41. The fourth-order valence-electron chi connectivity index (χ4n) is 4.75. The van der Waals surface area contributed by atoms with Crippen molar-refractivity contribution in [3.05, 3.63) is 53.4 Å². The first-order valence-electron chi connectivity index (χ1n) is 12.3. The van der Waals surface area contributed by atoms with E-state index in [2.05, 4.69) is 31.2 Å². The Balaban J connectivity index is 1.58. The van der Waals surface area contributed by atoms with Crippen LogP contribution in [0.25, 0.3) is 11.0 Å². The van der Waals surface area contributed by atoms with Gasteiger partial charge >= 0.3 is 5.97 Å². The number of aromatic nitrogens is 3. The summed E-state index contributed by atoms with van der Waals surface area (Å²) in [7, 11) is 0. The van der Waals surface area contributed by atoms with Gasteiger partial charge in [0.05, 0.1) is 35.8 Å². The normalized spacial score (nSPS) is 16.1. The van der Waals surface area contributed by atoms with Crippen molar-refractivity contribution in [2.24, 2.45) is 5.41 Å². The lowest BCUT2D eigenvalue weighted by Crippen LogP contribution is -2.51. The molecule has 10 heteroatoms. The number of fused-ring (bicyclic) bond motifs is 1. The molecule has 0 aliphatic carbocycles. The molecule has 1 saturated heterocycles. The number of ether oxygens (including phenoxy) is 1. The van der Waals surface area contributed by atoms with Gasteiger partial charge in [-0.2, -0.15) is 5.26 Å². The smallest absolute Gasteiger partial charge is 0.307 e. The minimum Gasteiger partial charge on any atom is -0.460 e. The number of hydrogen-bond donors (Lipinski definition) is 2. The number of H-pyrrole nitrogens is 1. The van der Waals surface area contributed by atoms with Gasteiger partial charge in [-0.15, -0.1) is 0 Å². The van der Waals surface area contributed by atoms with Crippen LogP contribution in [-0.4, -0.2) is 45.5 Å². The predicted molar refractivity (Wildman–Crippen MR) is 141 cm³/mol. The summed E-state index contributed by atoms with van der Waals surface area (Å²) in [5.41, 5.74) is -0.123. The van der Waals surface area contributed by atoms with E-state index in [1.54, 1.807) is 45.0 Å². The molecule has 1 aromatic carbocycles. The van der Waals surface area contributed by atoms with Crippen LogP contribution in [0.2, 0.25) is 5.02 Å². The third-order valence-corrected chi connectivity index (χ3v) is 6.86. The van der Waals surface area contributed by atoms with E-state index in [9.17, 15) is 14.9 Å². The molecule has 1 aliphatic rings. The maximum atomic E-state index is 13.9. The van der Waals surface area contributed by atoms with Crippen LogP contribution in [0.1, 0.15) is 58.1 Å². The van der Waals surface area contributed by atoms with Crippen LogP contribution >= 0.6 is 11.6 Å². The molecule has 3 aromatic rings. The van der Waals surface area contributed by atoms with Crippen LogP contribution in [0.15, 0.2) is 42.9 Å². The molecule has 1 unspecified atom stereocenters. The number of aromatic amines is 1. The summed E-state index contributed by atoms with van der Waals surface area (Å²) in [6, 6.07) is 10.6. The number of piperidine rings is 1. The second-order valence-corrected chi connectivity index (χ2v) is 10.8. The summed E-state index contributed by atoms with van der Waals surface area (Å²) >= 11 is 6.03. The highest BCUT2D eigenvalue weighted by Crippen LogP contribution is 2.39. The molecule has 1 amide bonds. The van der Waals surface area contributed by atoms with Gasteiger partial charge in [-0.25, -0.2) is 9.97 Å². The summed E-state index contributed by atoms with van der Waals surface area (Å²) in [6.07, 6.45) is 4.23. The molecule has 2 aromatic heterocycles. The number of nitriles is 1. The van der Waals surface area contributed by atoms with Gasteiger partial charge in [0.2, 0.25) is 5.91 Å². The molecule has 0 bridgehead atoms. The van der Waals surface area contributed by atoms with E-state index in [-0.39, 0.29) is 18.7 Å². The van der Waals surface area contributed by atoms with Crippen molar-refractivity contribution in [1.82, 2.24) is 20.3 Å². The Kier molecular flexibility index (Phi) is 7.69. The number of benzene rings is 1. The summed E-state index contributed by atoms with van der Waals surface area (Å²) in [5.74, 6) is 0.109. The van der Waals surface area contributed by atoms with Crippen molar-refractivity contribution < 1.29 is 14.3 Å². The monoisotopic (exact) mass is 522 g/mol. The highest BCUT2D eigenvalue weighted by atomic mass is 35.5. The van der Waals surface area contributed by atoms with E-state index in [0.29, 0.717) is 31.0 Å². The first-order chi connectivity index (χ1) is 17.6. The molecule has 9 nitrogen and oxygen atoms in total. The van der Waals surface area contributed by atoms with E-state index >= 15 is 0 Å². The number of amides is 1. The molecule has 1 aliphatic heterocycles. The molecule has 0 saturated carbocycles. The number of halogens is 1. The Bertz CT molecular complexity index is 1300. The Morgan fingerprint density at radius 2 is 1.92 bits per heavy atom. The SMILES string of the molecule is CC(C)(C)OC(=O)CC1(C(=O)NC(CC#N)c2ccc(Cl)cc2)CCN(c2ncnc3[nH]ccc23)CC1. The molecule has 194 valence electrons. The fourth-order valence-corrected chi connectivity index (χ4v) is 4.87. The average molecular weight is 523 g/mol. The van der Waals surface area contributed by atoms with Gasteiger partial charge < -0.3 is 19.9 Å². The highest BCUT2D eigenvalue weighted by molar-refractivity contribution is 6.30. The van der Waals surface area contributed by atoms with Crippen molar-refractivity contribution in [3.63, 3.8) is 0 Å². The molecule has 4 rings (SSSR count). The molecule has 1 fully saturated rings. The number of carbonyl (C=O) groups is 2. The predicted octanol–water partition coefficient (Wildman–Crippen LogP) is 4.70. The molecule has 0 spiro atoms. The molecular formula is C27H31ClN6O3. The van der Waals surface area contributed by atoms with Gasteiger partial charge in [-0.1, -0.05) is 23.7 Å². The van der Waals surface area contributed by atoms with Crippen LogP contribution in [0.5, 0.6) is 0 Å².